The molecule has 0 aliphatic carbocycles. The third kappa shape index (κ3) is 2.94. The summed E-state index contributed by atoms with van der Waals surface area (Å²) >= 11 is 0. The van der Waals surface area contributed by atoms with E-state index in [0.717, 1.165) is 0 Å². The lowest BCUT2D eigenvalue weighted by atomic mass is 10.2. The zero-order valence-electron chi connectivity index (χ0n) is 10.9. The highest BCUT2D eigenvalue weighted by Gasteiger charge is 2.15. The highest BCUT2D eigenvalue weighted by Crippen LogP contribution is 2.32. The van der Waals surface area contributed by atoms with Crippen molar-refractivity contribution in [1.29, 1.82) is 0 Å². The molecule has 1 aliphatic rings. The quantitative estimate of drug-likeness (QED) is 0.666. The normalized spacial score (nSPS) is 12.6. The van der Waals surface area contributed by atoms with Crippen LogP contribution in [-0.4, -0.2) is 24.0 Å². The van der Waals surface area contributed by atoms with Crippen LogP contribution in [0.3, 0.4) is 0 Å². The highest BCUT2D eigenvalue weighted by atomic mass is 16.7. The molecule has 6 nitrogen and oxygen atoms in total. The molecular formula is C15H12N2O4. The Labute approximate surface area is 120 Å². The van der Waals surface area contributed by atoms with E-state index in [0.29, 0.717) is 22.6 Å². The van der Waals surface area contributed by atoms with Crippen molar-refractivity contribution in [2.24, 2.45) is 5.10 Å². The summed E-state index contributed by atoms with van der Waals surface area (Å²) < 4.78 is 10.4. The molecule has 106 valence electrons. The molecule has 3 rings (SSSR count). The van der Waals surface area contributed by atoms with Crippen LogP contribution in [0.1, 0.15) is 15.9 Å². The number of nitrogens with zero attached hydrogens (tertiary/aromatic N) is 1. The Hall–Kier alpha value is -3.02. The Kier molecular flexibility index (Phi) is 3.42. The van der Waals surface area contributed by atoms with Crippen LogP contribution in [0.2, 0.25) is 0 Å². The first-order chi connectivity index (χ1) is 10.2. The Morgan fingerprint density at radius 3 is 2.90 bits per heavy atom. The summed E-state index contributed by atoms with van der Waals surface area (Å²) in [5.74, 6) is 0.945. The first-order valence-electron chi connectivity index (χ1n) is 6.24. The van der Waals surface area contributed by atoms with Gasteiger partial charge in [-0.2, -0.15) is 5.10 Å². The summed E-state index contributed by atoms with van der Waals surface area (Å²) in [6.07, 6.45) is 1.45. The minimum absolute atomic E-state index is 0.140. The molecule has 1 heterocycles. The average Bonchev–Trinajstić information content (AvgIpc) is 2.94. The van der Waals surface area contributed by atoms with Crippen molar-refractivity contribution in [1.82, 2.24) is 5.43 Å². The van der Waals surface area contributed by atoms with Crippen molar-refractivity contribution in [2.45, 2.75) is 0 Å². The molecule has 1 aliphatic heterocycles. The minimum Gasteiger partial charge on any atom is -0.508 e. The summed E-state index contributed by atoms with van der Waals surface area (Å²) in [5.41, 5.74) is 3.52. The van der Waals surface area contributed by atoms with Gasteiger partial charge in [0.1, 0.15) is 5.75 Å². The van der Waals surface area contributed by atoms with Crippen molar-refractivity contribution in [2.75, 3.05) is 6.79 Å². The van der Waals surface area contributed by atoms with Gasteiger partial charge in [-0.3, -0.25) is 4.79 Å². The zero-order chi connectivity index (χ0) is 14.7. The smallest absolute Gasteiger partial charge is 0.271 e. The molecule has 0 unspecified atom stereocenters. The lowest BCUT2D eigenvalue weighted by Gasteiger charge is -2.01. The van der Waals surface area contributed by atoms with Gasteiger partial charge in [-0.25, -0.2) is 5.43 Å². The van der Waals surface area contributed by atoms with Gasteiger partial charge in [0.2, 0.25) is 6.79 Å². The Morgan fingerprint density at radius 1 is 1.19 bits per heavy atom. The van der Waals surface area contributed by atoms with E-state index in [4.69, 9.17) is 9.47 Å². The van der Waals surface area contributed by atoms with Gasteiger partial charge in [-0.05, 0) is 35.9 Å². The van der Waals surface area contributed by atoms with Crippen molar-refractivity contribution in [3.05, 3.63) is 53.6 Å². The fourth-order valence-electron chi connectivity index (χ4n) is 1.87. The molecule has 0 atom stereocenters. The van der Waals surface area contributed by atoms with E-state index in [2.05, 4.69) is 10.5 Å². The van der Waals surface area contributed by atoms with Crippen molar-refractivity contribution >= 4 is 12.1 Å². The zero-order valence-corrected chi connectivity index (χ0v) is 10.9. The number of rotatable bonds is 3. The van der Waals surface area contributed by atoms with Gasteiger partial charge in [0.15, 0.2) is 11.5 Å². The number of phenolic OH excluding ortho intramolecular Hbond substituents is 1. The number of fused-ring (bicyclic) bond motifs is 1. The summed E-state index contributed by atoms with van der Waals surface area (Å²) in [6, 6.07) is 11.5. The molecule has 1 amide bonds. The fourth-order valence-corrected chi connectivity index (χ4v) is 1.87. The number of carbonyl (C=O) groups excluding carboxylic acids is 1. The van der Waals surface area contributed by atoms with Crippen LogP contribution in [0.15, 0.2) is 47.6 Å². The van der Waals surface area contributed by atoms with Crippen LogP contribution < -0.4 is 14.9 Å². The van der Waals surface area contributed by atoms with E-state index in [1.165, 1.54) is 12.3 Å². The number of carbonyl (C=O) groups is 1. The van der Waals surface area contributed by atoms with E-state index < -0.39 is 0 Å². The molecule has 0 bridgehead atoms. The van der Waals surface area contributed by atoms with Crippen molar-refractivity contribution in [3.8, 4) is 17.2 Å². The predicted molar refractivity (Wildman–Crippen MR) is 75.7 cm³/mol. The molecule has 0 spiro atoms. The number of hydrogen-bond acceptors (Lipinski definition) is 5. The van der Waals surface area contributed by atoms with Crippen LogP contribution in [-0.2, 0) is 0 Å². The molecule has 0 saturated carbocycles. The maximum Gasteiger partial charge on any atom is 0.271 e. The van der Waals surface area contributed by atoms with Gasteiger partial charge < -0.3 is 14.6 Å². The monoisotopic (exact) mass is 284 g/mol. The lowest BCUT2D eigenvalue weighted by Crippen LogP contribution is -2.17. The number of benzene rings is 2. The number of ether oxygens (including phenoxy) is 2. The van der Waals surface area contributed by atoms with Crippen LogP contribution in [0, 0.1) is 0 Å². The van der Waals surface area contributed by atoms with Crippen LogP contribution in [0.5, 0.6) is 17.2 Å². The fraction of sp³-hybridized carbons (Fsp3) is 0.0667. The van der Waals surface area contributed by atoms with Crippen LogP contribution >= 0.6 is 0 Å². The van der Waals surface area contributed by atoms with E-state index in [-0.39, 0.29) is 18.4 Å². The molecule has 6 heteroatoms. The van der Waals surface area contributed by atoms with Crippen molar-refractivity contribution < 1.29 is 19.4 Å². The number of nitrogens with one attached hydrogen (secondary N) is 1. The first-order valence-corrected chi connectivity index (χ1v) is 6.24. The molecule has 0 saturated heterocycles. The Balaban J connectivity index is 1.66. The molecule has 2 aromatic carbocycles. The molecule has 2 aromatic rings. The number of hydrogen-bond donors (Lipinski definition) is 2. The largest absolute Gasteiger partial charge is 0.508 e. The Bertz CT molecular complexity index is 713. The molecule has 0 aromatic heterocycles. The summed E-state index contributed by atoms with van der Waals surface area (Å²) in [7, 11) is 0. The van der Waals surface area contributed by atoms with E-state index in [1.54, 1.807) is 36.4 Å². The number of amides is 1. The van der Waals surface area contributed by atoms with E-state index in [1.807, 2.05) is 0 Å². The minimum atomic E-state index is -0.357. The molecular weight excluding hydrogens is 272 g/mol. The van der Waals surface area contributed by atoms with Gasteiger partial charge in [0.05, 0.1) is 6.21 Å². The number of hydrazone groups is 1. The van der Waals surface area contributed by atoms with Crippen LogP contribution in [0.25, 0.3) is 0 Å². The van der Waals surface area contributed by atoms with Gasteiger partial charge in [-0.15, -0.1) is 0 Å². The number of phenols is 1. The molecule has 2 N–H and O–H groups in total. The molecule has 0 fully saturated rings. The molecule has 21 heavy (non-hydrogen) atoms. The second kappa shape index (κ2) is 5.54. The highest BCUT2D eigenvalue weighted by molar-refractivity contribution is 5.95. The van der Waals surface area contributed by atoms with Gasteiger partial charge in [-0.1, -0.05) is 12.1 Å². The molecule has 0 radical (unpaired) electrons. The average molecular weight is 284 g/mol. The van der Waals surface area contributed by atoms with Gasteiger partial charge in [0, 0.05) is 5.56 Å². The third-order valence-corrected chi connectivity index (χ3v) is 2.88. The van der Waals surface area contributed by atoms with E-state index in [9.17, 15) is 9.90 Å². The summed E-state index contributed by atoms with van der Waals surface area (Å²) in [6.45, 7) is 0.163. The first kappa shape index (κ1) is 13.0. The second-order valence-electron chi connectivity index (χ2n) is 4.36. The van der Waals surface area contributed by atoms with Crippen LogP contribution in [0.4, 0.5) is 0 Å². The van der Waals surface area contributed by atoms with E-state index >= 15 is 0 Å². The van der Waals surface area contributed by atoms with Gasteiger partial charge >= 0.3 is 0 Å². The summed E-state index contributed by atoms with van der Waals surface area (Å²) in [5, 5.41) is 13.2. The standard InChI is InChI=1S/C15H12N2O4/c18-12-3-1-2-10(6-12)8-16-17-15(19)11-4-5-13-14(7-11)21-9-20-13/h1-8,18H,9H2,(H,17,19). The number of aromatic hydroxyl groups is 1. The predicted octanol–water partition coefficient (Wildman–Crippen LogP) is 1.88. The topological polar surface area (TPSA) is 80.2 Å². The third-order valence-electron chi connectivity index (χ3n) is 2.88. The van der Waals surface area contributed by atoms with Gasteiger partial charge in [0.25, 0.3) is 5.91 Å². The summed E-state index contributed by atoms with van der Waals surface area (Å²) in [4.78, 5) is 11.9. The Morgan fingerprint density at radius 2 is 2.05 bits per heavy atom. The lowest BCUT2D eigenvalue weighted by molar-refractivity contribution is 0.0954. The maximum atomic E-state index is 11.9. The SMILES string of the molecule is O=C(NN=Cc1cccc(O)c1)c1ccc2c(c1)OCO2. The second-order valence-corrected chi connectivity index (χ2v) is 4.36. The van der Waals surface area contributed by atoms with Crippen molar-refractivity contribution in [3.63, 3.8) is 0 Å². The maximum absolute atomic E-state index is 11.9.